The molecule has 0 aliphatic rings. The molecule has 0 bridgehead atoms. The highest BCUT2D eigenvalue weighted by atomic mass is 35.5. The molecule has 0 saturated carbocycles. The standard InChI is InChI=1S/C15H13ClFNO2S/c1-20-15(19)10-6-14(12(17)7-13(10)18)21-8-9-4-2-3-5-11(9)16/h2-7H,8,18H2,1H3. The lowest BCUT2D eigenvalue weighted by Gasteiger charge is -2.09. The summed E-state index contributed by atoms with van der Waals surface area (Å²) < 4.78 is 18.5. The van der Waals surface area contributed by atoms with E-state index in [1.165, 1.54) is 24.9 Å². The molecule has 6 heteroatoms. The number of benzene rings is 2. The fraction of sp³-hybridized carbons (Fsp3) is 0.133. The van der Waals surface area contributed by atoms with E-state index in [0.717, 1.165) is 11.6 Å². The molecule has 0 aliphatic heterocycles. The van der Waals surface area contributed by atoms with Crippen LogP contribution in [0.2, 0.25) is 5.02 Å². The molecule has 2 rings (SSSR count). The Bertz CT molecular complexity index is 679. The molecule has 0 aromatic heterocycles. The Morgan fingerprint density at radius 3 is 2.76 bits per heavy atom. The van der Waals surface area contributed by atoms with Gasteiger partial charge in [-0.1, -0.05) is 29.8 Å². The number of carbonyl (C=O) groups is 1. The smallest absolute Gasteiger partial charge is 0.339 e. The van der Waals surface area contributed by atoms with Crippen LogP contribution in [0.25, 0.3) is 0 Å². The van der Waals surface area contributed by atoms with Gasteiger partial charge in [-0.25, -0.2) is 9.18 Å². The van der Waals surface area contributed by atoms with Crippen LogP contribution < -0.4 is 5.73 Å². The quantitative estimate of drug-likeness (QED) is 0.521. The lowest BCUT2D eigenvalue weighted by Crippen LogP contribution is -2.06. The predicted octanol–water partition coefficient (Wildman–Crippen LogP) is 4.14. The van der Waals surface area contributed by atoms with Crippen molar-refractivity contribution >= 4 is 35.0 Å². The van der Waals surface area contributed by atoms with Crippen LogP contribution in [-0.4, -0.2) is 13.1 Å². The van der Waals surface area contributed by atoms with Crippen LogP contribution in [0.5, 0.6) is 0 Å². The average Bonchev–Trinajstić information content (AvgIpc) is 2.47. The molecule has 0 atom stereocenters. The van der Waals surface area contributed by atoms with Crippen LogP contribution in [0.1, 0.15) is 15.9 Å². The van der Waals surface area contributed by atoms with E-state index in [1.807, 2.05) is 18.2 Å². The second-order valence-corrected chi connectivity index (χ2v) is 5.67. The SMILES string of the molecule is COC(=O)c1cc(SCc2ccccc2Cl)c(F)cc1N. The van der Waals surface area contributed by atoms with Gasteiger partial charge in [-0.15, -0.1) is 11.8 Å². The van der Waals surface area contributed by atoms with E-state index in [-0.39, 0.29) is 11.3 Å². The first-order chi connectivity index (χ1) is 10.0. The van der Waals surface area contributed by atoms with Crippen molar-refractivity contribution in [3.63, 3.8) is 0 Å². The zero-order chi connectivity index (χ0) is 15.4. The molecule has 0 heterocycles. The summed E-state index contributed by atoms with van der Waals surface area (Å²) in [6.45, 7) is 0. The third-order valence-corrected chi connectivity index (χ3v) is 4.30. The third kappa shape index (κ3) is 3.68. The van der Waals surface area contributed by atoms with Crippen LogP contribution in [-0.2, 0) is 10.5 Å². The first-order valence-corrected chi connectivity index (χ1v) is 7.43. The number of methoxy groups -OCH3 is 1. The highest BCUT2D eigenvalue weighted by Gasteiger charge is 2.15. The number of esters is 1. The summed E-state index contributed by atoms with van der Waals surface area (Å²) in [7, 11) is 1.25. The van der Waals surface area contributed by atoms with Crippen molar-refractivity contribution in [2.75, 3.05) is 12.8 Å². The maximum atomic E-state index is 13.9. The fourth-order valence-electron chi connectivity index (χ4n) is 1.74. The predicted molar refractivity (Wildman–Crippen MR) is 83.2 cm³/mol. The van der Waals surface area contributed by atoms with Gasteiger partial charge in [-0.05, 0) is 23.8 Å². The summed E-state index contributed by atoms with van der Waals surface area (Å²) in [5, 5.41) is 0.619. The Morgan fingerprint density at radius 2 is 2.10 bits per heavy atom. The van der Waals surface area contributed by atoms with Gasteiger partial charge in [-0.3, -0.25) is 0 Å². The van der Waals surface area contributed by atoms with Crippen molar-refractivity contribution in [1.29, 1.82) is 0 Å². The highest BCUT2D eigenvalue weighted by Crippen LogP contribution is 2.31. The van der Waals surface area contributed by atoms with Gasteiger partial charge in [0.25, 0.3) is 0 Å². The van der Waals surface area contributed by atoms with Gasteiger partial charge in [0.05, 0.1) is 12.7 Å². The Morgan fingerprint density at radius 1 is 1.38 bits per heavy atom. The number of hydrogen-bond acceptors (Lipinski definition) is 4. The van der Waals surface area contributed by atoms with Crippen molar-refractivity contribution in [3.05, 3.63) is 58.4 Å². The minimum absolute atomic E-state index is 0.0569. The van der Waals surface area contributed by atoms with Gasteiger partial charge in [0, 0.05) is 21.4 Å². The monoisotopic (exact) mass is 325 g/mol. The van der Waals surface area contributed by atoms with E-state index in [2.05, 4.69) is 4.74 Å². The van der Waals surface area contributed by atoms with Gasteiger partial charge >= 0.3 is 5.97 Å². The molecule has 0 unspecified atom stereocenters. The summed E-state index contributed by atoms with van der Waals surface area (Å²) in [6.07, 6.45) is 0. The molecule has 0 saturated heterocycles. The van der Waals surface area contributed by atoms with E-state index in [0.29, 0.717) is 15.7 Å². The van der Waals surface area contributed by atoms with Crippen molar-refractivity contribution in [3.8, 4) is 0 Å². The molecule has 2 aromatic carbocycles. The van der Waals surface area contributed by atoms with E-state index in [1.54, 1.807) is 6.07 Å². The Kier molecular flexibility index (Phi) is 5.09. The second-order valence-electron chi connectivity index (χ2n) is 4.24. The lowest BCUT2D eigenvalue weighted by molar-refractivity contribution is 0.0601. The number of nitrogens with two attached hydrogens (primary N) is 1. The van der Waals surface area contributed by atoms with E-state index < -0.39 is 11.8 Å². The Labute approximate surface area is 131 Å². The molecule has 0 aliphatic carbocycles. The molecule has 3 nitrogen and oxygen atoms in total. The average molecular weight is 326 g/mol. The number of ether oxygens (including phenoxy) is 1. The lowest BCUT2D eigenvalue weighted by atomic mass is 10.2. The van der Waals surface area contributed by atoms with Gasteiger partial charge in [0.2, 0.25) is 0 Å². The van der Waals surface area contributed by atoms with Gasteiger partial charge in [-0.2, -0.15) is 0 Å². The van der Waals surface area contributed by atoms with E-state index >= 15 is 0 Å². The summed E-state index contributed by atoms with van der Waals surface area (Å²) in [5.41, 5.74) is 6.73. The molecule has 2 N–H and O–H groups in total. The van der Waals surface area contributed by atoms with Gasteiger partial charge < -0.3 is 10.5 Å². The zero-order valence-electron chi connectivity index (χ0n) is 11.2. The number of carbonyl (C=O) groups excluding carboxylic acids is 1. The van der Waals surface area contributed by atoms with Crippen LogP contribution in [0.15, 0.2) is 41.3 Å². The molecule has 2 aromatic rings. The van der Waals surface area contributed by atoms with E-state index in [9.17, 15) is 9.18 Å². The summed E-state index contributed by atoms with van der Waals surface area (Å²) in [5.74, 6) is -0.578. The number of nitrogen functional groups attached to an aromatic ring is 1. The maximum Gasteiger partial charge on any atom is 0.339 e. The van der Waals surface area contributed by atoms with Crippen molar-refractivity contribution in [1.82, 2.24) is 0 Å². The molecule has 0 spiro atoms. The van der Waals surface area contributed by atoms with Crippen molar-refractivity contribution < 1.29 is 13.9 Å². The minimum atomic E-state index is -0.591. The molecule has 21 heavy (non-hydrogen) atoms. The summed E-state index contributed by atoms with van der Waals surface area (Å²) in [4.78, 5) is 11.9. The first-order valence-electron chi connectivity index (χ1n) is 6.06. The van der Waals surface area contributed by atoms with Gasteiger partial charge in [0.15, 0.2) is 0 Å². The van der Waals surface area contributed by atoms with Crippen molar-refractivity contribution in [2.24, 2.45) is 0 Å². The Balaban J connectivity index is 2.24. The Hall–Kier alpha value is -1.72. The largest absolute Gasteiger partial charge is 0.465 e. The van der Waals surface area contributed by atoms with Crippen LogP contribution >= 0.6 is 23.4 Å². The topological polar surface area (TPSA) is 52.3 Å². The summed E-state index contributed by atoms with van der Waals surface area (Å²) >= 11 is 7.30. The number of thioether (sulfide) groups is 1. The summed E-state index contributed by atoms with van der Waals surface area (Å²) in [6, 6.07) is 9.86. The fourth-order valence-corrected chi connectivity index (χ4v) is 2.98. The molecule has 110 valence electrons. The number of rotatable bonds is 4. The molecule has 0 amide bonds. The third-order valence-electron chi connectivity index (χ3n) is 2.85. The number of hydrogen-bond donors (Lipinski definition) is 1. The minimum Gasteiger partial charge on any atom is -0.465 e. The first kappa shape index (κ1) is 15.7. The molecular formula is C15H13ClFNO2S. The normalized spacial score (nSPS) is 10.4. The van der Waals surface area contributed by atoms with Gasteiger partial charge in [0.1, 0.15) is 5.82 Å². The number of anilines is 1. The van der Waals surface area contributed by atoms with Crippen molar-refractivity contribution in [2.45, 2.75) is 10.6 Å². The number of halogens is 2. The molecule has 0 radical (unpaired) electrons. The van der Waals surface area contributed by atoms with Crippen LogP contribution in [0, 0.1) is 5.82 Å². The van der Waals surface area contributed by atoms with Crippen LogP contribution in [0.3, 0.4) is 0 Å². The second kappa shape index (κ2) is 6.83. The molecule has 0 fully saturated rings. The highest BCUT2D eigenvalue weighted by molar-refractivity contribution is 7.98. The van der Waals surface area contributed by atoms with E-state index in [4.69, 9.17) is 17.3 Å². The maximum absolute atomic E-state index is 13.9. The zero-order valence-corrected chi connectivity index (χ0v) is 12.8. The van der Waals surface area contributed by atoms with Crippen LogP contribution in [0.4, 0.5) is 10.1 Å². The molecular weight excluding hydrogens is 313 g/mol.